The second-order valence-corrected chi connectivity index (χ2v) is 4.20. The van der Waals surface area contributed by atoms with E-state index in [2.05, 4.69) is 0 Å². The van der Waals surface area contributed by atoms with Crippen molar-refractivity contribution >= 4 is 11.9 Å². The van der Waals surface area contributed by atoms with Gasteiger partial charge in [-0.05, 0) is 19.3 Å². The monoisotopic (exact) mass is 228 g/mol. The number of nitrogens with zero attached hydrogens (tertiary/aromatic N) is 1. The summed E-state index contributed by atoms with van der Waals surface area (Å²) < 4.78 is 4.72. The van der Waals surface area contributed by atoms with Crippen molar-refractivity contribution < 1.29 is 14.3 Å². The van der Waals surface area contributed by atoms with Crippen LogP contribution in [-0.4, -0.2) is 43.0 Å². The van der Waals surface area contributed by atoms with Gasteiger partial charge in [-0.25, -0.2) is 4.79 Å². The van der Waals surface area contributed by atoms with E-state index in [-0.39, 0.29) is 17.8 Å². The minimum absolute atomic E-state index is 0.0439. The highest BCUT2D eigenvalue weighted by Crippen LogP contribution is 2.20. The Hall–Kier alpha value is -1.10. The van der Waals surface area contributed by atoms with Crippen LogP contribution in [-0.2, 0) is 14.3 Å². The van der Waals surface area contributed by atoms with Crippen molar-refractivity contribution in [3.8, 4) is 0 Å². The largest absolute Gasteiger partial charge is 0.467 e. The summed E-state index contributed by atoms with van der Waals surface area (Å²) in [6, 6.07) is -0.416. The Morgan fingerprint density at radius 1 is 1.50 bits per heavy atom. The average Bonchev–Trinajstić information content (AvgIpc) is 2.35. The normalized spacial score (nSPS) is 22.7. The van der Waals surface area contributed by atoms with Crippen molar-refractivity contribution in [2.45, 2.75) is 32.2 Å². The van der Waals surface area contributed by atoms with Crippen LogP contribution in [0.15, 0.2) is 0 Å². The Morgan fingerprint density at radius 2 is 2.19 bits per heavy atom. The van der Waals surface area contributed by atoms with Gasteiger partial charge in [0.25, 0.3) is 0 Å². The molecule has 0 bridgehead atoms. The van der Waals surface area contributed by atoms with E-state index in [1.807, 2.05) is 0 Å². The van der Waals surface area contributed by atoms with E-state index in [0.717, 1.165) is 12.8 Å². The van der Waals surface area contributed by atoms with E-state index in [4.69, 9.17) is 10.5 Å². The Bertz CT molecular complexity index is 268. The lowest BCUT2D eigenvalue weighted by Crippen LogP contribution is -2.51. The molecule has 16 heavy (non-hydrogen) atoms. The van der Waals surface area contributed by atoms with E-state index in [0.29, 0.717) is 19.5 Å². The van der Waals surface area contributed by atoms with Gasteiger partial charge in [0.15, 0.2) is 0 Å². The van der Waals surface area contributed by atoms with Gasteiger partial charge in [0.1, 0.15) is 6.04 Å². The Kier molecular flexibility index (Phi) is 4.73. The first-order valence-electron chi connectivity index (χ1n) is 5.70. The number of methoxy groups -OCH3 is 1. The summed E-state index contributed by atoms with van der Waals surface area (Å²) in [7, 11) is 1.35. The third-order valence-corrected chi connectivity index (χ3v) is 3.03. The van der Waals surface area contributed by atoms with E-state index in [9.17, 15) is 9.59 Å². The highest BCUT2D eigenvalue weighted by atomic mass is 16.5. The van der Waals surface area contributed by atoms with Crippen LogP contribution < -0.4 is 5.73 Å². The maximum absolute atomic E-state index is 12.0. The number of likely N-dealkylation sites (tertiary alicyclic amines) is 1. The number of nitrogens with two attached hydrogens (primary N) is 1. The molecule has 2 atom stereocenters. The molecule has 1 saturated heterocycles. The van der Waals surface area contributed by atoms with Gasteiger partial charge in [-0.2, -0.15) is 0 Å². The fraction of sp³-hybridized carbons (Fsp3) is 0.818. The number of carbonyl (C=O) groups is 2. The SMILES string of the molecule is COC(=O)C1CCCCN1C(=O)C(C)CN. The van der Waals surface area contributed by atoms with Crippen LogP contribution in [0.4, 0.5) is 0 Å². The Balaban J connectivity index is 2.73. The van der Waals surface area contributed by atoms with Crippen molar-refractivity contribution in [3.05, 3.63) is 0 Å². The minimum Gasteiger partial charge on any atom is -0.467 e. The molecule has 2 N–H and O–H groups in total. The van der Waals surface area contributed by atoms with Crippen molar-refractivity contribution in [1.82, 2.24) is 4.90 Å². The van der Waals surface area contributed by atoms with E-state index >= 15 is 0 Å². The lowest BCUT2D eigenvalue weighted by atomic mass is 9.99. The molecule has 1 heterocycles. The third-order valence-electron chi connectivity index (χ3n) is 3.03. The molecule has 0 aromatic heterocycles. The summed E-state index contributed by atoms with van der Waals surface area (Å²) in [5.74, 6) is -0.597. The first-order chi connectivity index (χ1) is 7.61. The molecule has 0 aromatic carbocycles. The first-order valence-corrected chi connectivity index (χ1v) is 5.70. The molecule has 1 rings (SSSR count). The highest BCUT2D eigenvalue weighted by Gasteiger charge is 2.34. The molecule has 0 spiro atoms. The summed E-state index contributed by atoms with van der Waals surface area (Å²) >= 11 is 0. The molecular weight excluding hydrogens is 208 g/mol. The van der Waals surface area contributed by atoms with Gasteiger partial charge in [0, 0.05) is 19.0 Å². The average molecular weight is 228 g/mol. The maximum Gasteiger partial charge on any atom is 0.328 e. The van der Waals surface area contributed by atoms with Gasteiger partial charge in [0.05, 0.1) is 7.11 Å². The standard InChI is InChI=1S/C11H20N2O3/c1-8(7-12)10(14)13-6-4-3-5-9(13)11(15)16-2/h8-9H,3-7,12H2,1-2H3. The van der Waals surface area contributed by atoms with Gasteiger partial charge in [-0.1, -0.05) is 6.92 Å². The van der Waals surface area contributed by atoms with Gasteiger partial charge < -0.3 is 15.4 Å². The lowest BCUT2D eigenvalue weighted by Gasteiger charge is -2.35. The lowest BCUT2D eigenvalue weighted by molar-refractivity contribution is -0.156. The summed E-state index contributed by atoms with van der Waals surface area (Å²) in [5, 5.41) is 0. The summed E-state index contributed by atoms with van der Waals surface area (Å²) in [6.45, 7) is 2.72. The van der Waals surface area contributed by atoms with Crippen LogP contribution in [0.2, 0.25) is 0 Å². The zero-order valence-electron chi connectivity index (χ0n) is 9.94. The smallest absolute Gasteiger partial charge is 0.328 e. The topological polar surface area (TPSA) is 72.6 Å². The van der Waals surface area contributed by atoms with E-state index in [1.54, 1.807) is 11.8 Å². The van der Waals surface area contributed by atoms with Crippen LogP contribution in [0.1, 0.15) is 26.2 Å². The molecule has 0 radical (unpaired) electrons. The number of carbonyl (C=O) groups excluding carboxylic acids is 2. The molecule has 1 fully saturated rings. The van der Waals surface area contributed by atoms with Gasteiger partial charge in [0.2, 0.25) is 5.91 Å². The molecule has 5 nitrogen and oxygen atoms in total. The molecule has 5 heteroatoms. The van der Waals surface area contributed by atoms with Crippen molar-refractivity contribution in [2.24, 2.45) is 11.7 Å². The van der Waals surface area contributed by atoms with Crippen molar-refractivity contribution in [3.63, 3.8) is 0 Å². The van der Waals surface area contributed by atoms with Gasteiger partial charge in [-0.3, -0.25) is 4.79 Å². The number of hydrogen-bond donors (Lipinski definition) is 1. The first kappa shape index (κ1) is 13.0. The van der Waals surface area contributed by atoms with Crippen LogP contribution in [0.25, 0.3) is 0 Å². The molecule has 0 aliphatic carbocycles. The predicted molar refractivity (Wildman–Crippen MR) is 59.6 cm³/mol. The number of amides is 1. The van der Waals surface area contributed by atoms with Crippen LogP contribution in [0, 0.1) is 5.92 Å². The second kappa shape index (κ2) is 5.84. The number of piperidine rings is 1. The second-order valence-electron chi connectivity index (χ2n) is 4.20. The number of esters is 1. The molecule has 2 unspecified atom stereocenters. The van der Waals surface area contributed by atoms with Crippen LogP contribution in [0.5, 0.6) is 0 Å². The van der Waals surface area contributed by atoms with E-state index in [1.165, 1.54) is 7.11 Å². The Morgan fingerprint density at radius 3 is 2.75 bits per heavy atom. The number of ether oxygens (including phenoxy) is 1. The van der Waals surface area contributed by atoms with Crippen molar-refractivity contribution in [1.29, 1.82) is 0 Å². The minimum atomic E-state index is -0.416. The molecule has 0 saturated carbocycles. The highest BCUT2D eigenvalue weighted by molar-refractivity contribution is 5.86. The molecule has 92 valence electrons. The van der Waals surface area contributed by atoms with Crippen LogP contribution in [0.3, 0.4) is 0 Å². The zero-order chi connectivity index (χ0) is 12.1. The number of rotatable bonds is 3. The number of hydrogen-bond acceptors (Lipinski definition) is 4. The summed E-state index contributed by atoms with van der Waals surface area (Å²) in [6.07, 6.45) is 2.59. The Labute approximate surface area is 95.9 Å². The molecule has 1 aliphatic heterocycles. The molecule has 0 aromatic rings. The fourth-order valence-corrected chi connectivity index (χ4v) is 1.96. The predicted octanol–water partition coefficient (Wildman–Crippen LogP) is 0.135. The maximum atomic E-state index is 12.0. The molecular formula is C11H20N2O3. The summed E-state index contributed by atoms with van der Waals surface area (Å²) in [5.41, 5.74) is 5.47. The van der Waals surface area contributed by atoms with Crippen molar-refractivity contribution in [2.75, 3.05) is 20.2 Å². The van der Waals surface area contributed by atoms with Crippen LogP contribution >= 0.6 is 0 Å². The van der Waals surface area contributed by atoms with Gasteiger partial charge in [-0.15, -0.1) is 0 Å². The molecule has 1 aliphatic rings. The zero-order valence-corrected chi connectivity index (χ0v) is 9.94. The van der Waals surface area contributed by atoms with Gasteiger partial charge >= 0.3 is 5.97 Å². The fourth-order valence-electron chi connectivity index (χ4n) is 1.96. The third kappa shape index (κ3) is 2.72. The summed E-state index contributed by atoms with van der Waals surface area (Å²) in [4.78, 5) is 25.2. The van der Waals surface area contributed by atoms with E-state index < -0.39 is 6.04 Å². The quantitative estimate of drug-likeness (QED) is 0.697. The molecule has 1 amide bonds.